The van der Waals surface area contributed by atoms with Crippen LogP contribution in [0.2, 0.25) is 0 Å². The molecule has 2 rings (SSSR count). The molecular formula is C14H18N2O4. The minimum absolute atomic E-state index is 0.0303. The molecule has 0 bridgehead atoms. The van der Waals surface area contributed by atoms with E-state index in [1.54, 1.807) is 32.9 Å². The number of fused-ring (bicyclic) bond motifs is 1. The molecule has 20 heavy (non-hydrogen) atoms. The van der Waals surface area contributed by atoms with Crippen LogP contribution in [0.3, 0.4) is 0 Å². The summed E-state index contributed by atoms with van der Waals surface area (Å²) in [5.74, 6) is 0.445. The number of anilines is 1. The fraction of sp³-hybridized carbons (Fsp3) is 0.429. The lowest BCUT2D eigenvalue weighted by Gasteiger charge is -2.20. The Labute approximate surface area is 117 Å². The van der Waals surface area contributed by atoms with Crippen molar-refractivity contribution in [3.8, 4) is 5.75 Å². The van der Waals surface area contributed by atoms with E-state index in [0.29, 0.717) is 18.0 Å². The molecule has 0 radical (unpaired) electrons. The maximum absolute atomic E-state index is 11.5. The summed E-state index contributed by atoms with van der Waals surface area (Å²) in [6, 6.07) is 5.36. The molecule has 0 fully saturated rings. The van der Waals surface area contributed by atoms with Crippen molar-refractivity contribution in [2.24, 2.45) is 0 Å². The Kier molecular flexibility index (Phi) is 3.83. The molecule has 1 aromatic carbocycles. The molecule has 1 aliphatic heterocycles. The molecule has 1 heterocycles. The average molecular weight is 278 g/mol. The molecule has 0 aromatic heterocycles. The van der Waals surface area contributed by atoms with Crippen LogP contribution >= 0.6 is 0 Å². The molecule has 2 N–H and O–H groups in total. The summed E-state index contributed by atoms with van der Waals surface area (Å²) in [6.45, 7) is 5.76. The zero-order chi connectivity index (χ0) is 14.8. The van der Waals surface area contributed by atoms with Crippen molar-refractivity contribution in [1.29, 1.82) is 0 Å². The van der Waals surface area contributed by atoms with Gasteiger partial charge in [0.1, 0.15) is 11.4 Å². The van der Waals surface area contributed by atoms with Crippen LogP contribution < -0.4 is 15.4 Å². The largest absolute Gasteiger partial charge is 0.482 e. The van der Waals surface area contributed by atoms with Crippen molar-refractivity contribution in [2.45, 2.75) is 32.9 Å². The second-order valence-corrected chi connectivity index (χ2v) is 5.52. The van der Waals surface area contributed by atoms with Crippen molar-refractivity contribution in [3.05, 3.63) is 23.8 Å². The van der Waals surface area contributed by atoms with Gasteiger partial charge in [-0.15, -0.1) is 0 Å². The Bertz CT molecular complexity index is 534. The predicted molar refractivity (Wildman–Crippen MR) is 73.6 cm³/mol. The average Bonchev–Trinajstić information content (AvgIpc) is 2.33. The number of amides is 2. The van der Waals surface area contributed by atoms with E-state index in [1.165, 1.54) is 0 Å². The smallest absolute Gasteiger partial charge is 0.407 e. The van der Waals surface area contributed by atoms with Gasteiger partial charge < -0.3 is 20.1 Å². The molecule has 6 nitrogen and oxygen atoms in total. The molecule has 6 heteroatoms. The van der Waals surface area contributed by atoms with Gasteiger partial charge in [0, 0.05) is 6.54 Å². The molecule has 2 amide bonds. The highest BCUT2D eigenvalue weighted by molar-refractivity contribution is 5.95. The van der Waals surface area contributed by atoms with E-state index < -0.39 is 11.7 Å². The minimum Gasteiger partial charge on any atom is -0.482 e. The van der Waals surface area contributed by atoms with E-state index >= 15 is 0 Å². The first-order valence-corrected chi connectivity index (χ1v) is 6.36. The zero-order valence-corrected chi connectivity index (χ0v) is 11.8. The van der Waals surface area contributed by atoms with E-state index in [4.69, 9.17) is 9.47 Å². The summed E-state index contributed by atoms with van der Waals surface area (Å²) in [4.78, 5) is 22.8. The van der Waals surface area contributed by atoms with Gasteiger partial charge in [0.15, 0.2) is 6.61 Å². The second kappa shape index (κ2) is 5.40. The number of carbonyl (C=O) groups is 2. The summed E-state index contributed by atoms with van der Waals surface area (Å²) < 4.78 is 10.4. The van der Waals surface area contributed by atoms with Crippen LogP contribution in [-0.4, -0.2) is 24.2 Å². The molecule has 0 atom stereocenters. The lowest BCUT2D eigenvalue weighted by Crippen LogP contribution is -2.32. The van der Waals surface area contributed by atoms with Gasteiger partial charge in [-0.3, -0.25) is 4.79 Å². The Hall–Kier alpha value is -2.24. The maximum Gasteiger partial charge on any atom is 0.407 e. The van der Waals surface area contributed by atoms with Gasteiger partial charge >= 0.3 is 6.09 Å². The van der Waals surface area contributed by atoms with Gasteiger partial charge in [0.25, 0.3) is 5.91 Å². The summed E-state index contributed by atoms with van der Waals surface area (Å²) in [6.07, 6.45) is -0.476. The number of alkyl carbamates (subject to hydrolysis) is 1. The standard InChI is InChI=1S/C14H18N2O4/c1-14(2,3)20-13(18)15-7-9-4-5-11-10(6-9)16-12(17)8-19-11/h4-6H,7-8H2,1-3H3,(H,15,18)(H,16,17). The molecule has 1 aliphatic rings. The van der Waals surface area contributed by atoms with Crippen LogP contribution in [-0.2, 0) is 16.1 Å². The Morgan fingerprint density at radius 1 is 1.45 bits per heavy atom. The first-order chi connectivity index (χ1) is 9.33. The highest BCUT2D eigenvalue weighted by atomic mass is 16.6. The lowest BCUT2D eigenvalue weighted by atomic mass is 10.1. The van der Waals surface area contributed by atoms with E-state index in [1.807, 2.05) is 6.07 Å². The summed E-state index contributed by atoms with van der Waals surface area (Å²) in [5, 5.41) is 5.38. The lowest BCUT2D eigenvalue weighted by molar-refractivity contribution is -0.118. The number of hydrogen-bond donors (Lipinski definition) is 2. The molecule has 0 spiro atoms. The SMILES string of the molecule is CC(C)(C)OC(=O)NCc1ccc2c(c1)NC(=O)CO2. The number of carbonyl (C=O) groups excluding carboxylic acids is 2. The second-order valence-electron chi connectivity index (χ2n) is 5.52. The molecule has 1 aromatic rings. The number of nitrogens with one attached hydrogen (secondary N) is 2. The molecule has 108 valence electrons. The van der Waals surface area contributed by atoms with Crippen LogP contribution in [0.25, 0.3) is 0 Å². The minimum atomic E-state index is -0.526. The van der Waals surface area contributed by atoms with Gasteiger partial charge in [-0.1, -0.05) is 6.07 Å². The van der Waals surface area contributed by atoms with Crippen LogP contribution in [0.15, 0.2) is 18.2 Å². The van der Waals surface area contributed by atoms with Crippen molar-refractivity contribution >= 4 is 17.7 Å². The summed E-state index contributed by atoms with van der Waals surface area (Å²) >= 11 is 0. The van der Waals surface area contributed by atoms with Crippen LogP contribution in [0.4, 0.5) is 10.5 Å². The maximum atomic E-state index is 11.5. The van der Waals surface area contributed by atoms with Crippen molar-refractivity contribution in [2.75, 3.05) is 11.9 Å². The topological polar surface area (TPSA) is 76.7 Å². The molecule has 0 saturated heterocycles. The third kappa shape index (κ3) is 3.88. The van der Waals surface area contributed by atoms with Crippen molar-refractivity contribution in [1.82, 2.24) is 5.32 Å². The number of rotatable bonds is 2. The van der Waals surface area contributed by atoms with E-state index in [2.05, 4.69) is 10.6 Å². The van der Waals surface area contributed by atoms with Crippen LogP contribution in [0.1, 0.15) is 26.3 Å². The quantitative estimate of drug-likeness (QED) is 0.868. The van der Waals surface area contributed by atoms with Gasteiger partial charge in [0.05, 0.1) is 5.69 Å². The van der Waals surface area contributed by atoms with Crippen molar-refractivity contribution < 1.29 is 19.1 Å². The first kappa shape index (κ1) is 14.2. The third-order valence-corrected chi connectivity index (χ3v) is 2.51. The molecule has 0 aliphatic carbocycles. The number of hydrogen-bond acceptors (Lipinski definition) is 4. The summed E-state index contributed by atoms with van der Waals surface area (Å²) in [5.41, 5.74) is 0.937. The third-order valence-electron chi connectivity index (χ3n) is 2.51. The molecular weight excluding hydrogens is 260 g/mol. The Morgan fingerprint density at radius 3 is 2.90 bits per heavy atom. The van der Waals surface area contributed by atoms with E-state index in [9.17, 15) is 9.59 Å². The monoisotopic (exact) mass is 278 g/mol. The fourth-order valence-electron chi connectivity index (χ4n) is 1.73. The molecule has 0 saturated carbocycles. The number of ether oxygens (including phenoxy) is 2. The van der Waals surface area contributed by atoms with Crippen LogP contribution in [0.5, 0.6) is 5.75 Å². The highest BCUT2D eigenvalue weighted by Gasteiger charge is 2.17. The van der Waals surface area contributed by atoms with Gasteiger partial charge in [0.2, 0.25) is 0 Å². The normalized spacial score (nSPS) is 13.8. The number of benzene rings is 1. The van der Waals surface area contributed by atoms with Gasteiger partial charge in [-0.05, 0) is 38.5 Å². The Morgan fingerprint density at radius 2 is 2.20 bits per heavy atom. The Balaban J connectivity index is 1.96. The first-order valence-electron chi connectivity index (χ1n) is 6.36. The van der Waals surface area contributed by atoms with E-state index in [-0.39, 0.29) is 12.5 Å². The van der Waals surface area contributed by atoms with Gasteiger partial charge in [-0.25, -0.2) is 4.79 Å². The van der Waals surface area contributed by atoms with Crippen molar-refractivity contribution in [3.63, 3.8) is 0 Å². The zero-order valence-electron chi connectivity index (χ0n) is 11.8. The van der Waals surface area contributed by atoms with Crippen LogP contribution in [0, 0.1) is 0 Å². The predicted octanol–water partition coefficient (Wildman–Crippen LogP) is 2.04. The molecule has 0 unspecified atom stereocenters. The summed E-state index contributed by atoms with van der Waals surface area (Å²) in [7, 11) is 0. The van der Waals surface area contributed by atoms with Gasteiger partial charge in [-0.2, -0.15) is 0 Å². The highest BCUT2D eigenvalue weighted by Crippen LogP contribution is 2.28. The van der Waals surface area contributed by atoms with E-state index in [0.717, 1.165) is 5.56 Å². The fourth-order valence-corrected chi connectivity index (χ4v) is 1.73.